The quantitative estimate of drug-likeness (QED) is 0.266. The number of carbonyl (C=O) groups is 2. The molecule has 1 aliphatic rings. The SMILES string of the molecule is C=CC(=O)N1CCCC(c2ccnc(Cc3cc(C(=O)Nc4cc(-n5cnc(C)c5)cc(C(F)(F)F)c4)ccc3C)n2)C1. The third-order valence-electron chi connectivity index (χ3n) is 7.53. The molecule has 1 N–H and O–H groups in total. The Morgan fingerprint density at radius 2 is 1.93 bits per heavy atom. The van der Waals surface area contributed by atoms with Crippen molar-refractivity contribution < 1.29 is 22.8 Å². The van der Waals surface area contributed by atoms with Crippen LogP contribution in [-0.4, -0.2) is 49.3 Å². The third kappa shape index (κ3) is 6.99. The number of carbonyl (C=O) groups excluding carboxylic acids is 2. The van der Waals surface area contributed by atoms with Crippen molar-refractivity contribution in [3.8, 4) is 5.69 Å². The molecule has 11 heteroatoms. The number of hydrogen-bond donors (Lipinski definition) is 1. The molecular weight excluding hydrogens is 557 g/mol. The summed E-state index contributed by atoms with van der Waals surface area (Å²) in [5, 5.41) is 2.63. The maximum atomic E-state index is 13.7. The van der Waals surface area contributed by atoms with Crippen molar-refractivity contribution >= 4 is 17.5 Å². The van der Waals surface area contributed by atoms with Crippen molar-refractivity contribution in [2.75, 3.05) is 18.4 Å². The van der Waals surface area contributed by atoms with E-state index in [-0.39, 0.29) is 23.2 Å². The molecule has 222 valence electrons. The number of aryl methyl sites for hydroxylation is 2. The number of nitrogens with zero attached hydrogens (tertiary/aromatic N) is 5. The van der Waals surface area contributed by atoms with E-state index in [1.807, 2.05) is 13.0 Å². The van der Waals surface area contributed by atoms with Gasteiger partial charge in [-0.15, -0.1) is 0 Å². The van der Waals surface area contributed by atoms with Crippen LogP contribution in [0.4, 0.5) is 18.9 Å². The summed E-state index contributed by atoms with van der Waals surface area (Å²) in [5.41, 5.74) is 2.87. The van der Waals surface area contributed by atoms with Gasteiger partial charge in [0.25, 0.3) is 5.91 Å². The average Bonchev–Trinajstić information content (AvgIpc) is 3.43. The van der Waals surface area contributed by atoms with Crippen LogP contribution in [0.1, 0.15) is 63.0 Å². The molecule has 8 nitrogen and oxygen atoms in total. The van der Waals surface area contributed by atoms with Crippen LogP contribution >= 0.6 is 0 Å². The first kappa shape index (κ1) is 29.7. The Balaban J connectivity index is 1.36. The standard InChI is InChI=1S/C32H31F3N6O2/c1-4-30(42)40-11-5-6-23(18-40)28-9-10-36-29(39-28)13-24-12-22(8-7-20(24)2)31(43)38-26-14-25(32(33,34)35)15-27(16-26)41-17-21(3)37-19-41/h4,7-10,12,14-17,19,23H,1,5-6,11,13,18H2,2-3H3,(H,38,43). The summed E-state index contributed by atoms with van der Waals surface area (Å²) in [6, 6.07) is 10.4. The zero-order chi connectivity index (χ0) is 30.7. The van der Waals surface area contributed by atoms with Gasteiger partial charge in [0.2, 0.25) is 5.91 Å². The second kappa shape index (κ2) is 12.2. The number of alkyl halides is 3. The van der Waals surface area contributed by atoms with Gasteiger partial charge >= 0.3 is 6.18 Å². The van der Waals surface area contributed by atoms with Crippen molar-refractivity contribution in [2.24, 2.45) is 0 Å². The van der Waals surface area contributed by atoms with E-state index in [1.54, 1.807) is 42.4 Å². The molecule has 2 amide bonds. The van der Waals surface area contributed by atoms with E-state index < -0.39 is 17.6 Å². The zero-order valence-corrected chi connectivity index (χ0v) is 23.9. The lowest BCUT2D eigenvalue weighted by Crippen LogP contribution is -2.38. The average molecular weight is 589 g/mol. The zero-order valence-electron chi connectivity index (χ0n) is 23.9. The number of benzene rings is 2. The topological polar surface area (TPSA) is 93.0 Å². The molecule has 0 saturated carbocycles. The molecule has 2 aromatic heterocycles. The largest absolute Gasteiger partial charge is 0.416 e. The smallest absolute Gasteiger partial charge is 0.339 e. The normalized spacial score (nSPS) is 15.3. The van der Waals surface area contributed by atoms with Crippen molar-refractivity contribution in [3.63, 3.8) is 0 Å². The second-order valence-corrected chi connectivity index (χ2v) is 10.7. The Morgan fingerprint density at radius 1 is 1.12 bits per heavy atom. The van der Waals surface area contributed by atoms with Crippen molar-refractivity contribution in [1.29, 1.82) is 0 Å². The van der Waals surface area contributed by atoms with Crippen LogP contribution in [0.5, 0.6) is 0 Å². The van der Waals surface area contributed by atoms with E-state index in [9.17, 15) is 22.8 Å². The van der Waals surface area contributed by atoms with Gasteiger partial charge in [-0.25, -0.2) is 15.0 Å². The van der Waals surface area contributed by atoms with Crippen LogP contribution in [0.15, 0.2) is 73.8 Å². The van der Waals surface area contributed by atoms with Crippen molar-refractivity contribution in [3.05, 3.63) is 113 Å². The van der Waals surface area contributed by atoms with Gasteiger partial charge in [-0.2, -0.15) is 13.2 Å². The predicted molar refractivity (Wildman–Crippen MR) is 156 cm³/mol. The molecule has 4 aromatic rings. The van der Waals surface area contributed by atoms with Crippen molar-refractivity contribution in [2.45, 2.75) is 45.2 Å². The van der Waals surface area contributed by atoms with Gasteiger partial charge in [0.1, 0.15) is 5.82 Å². The third-order valence-corrected chi connectivity index (χ3v) is 7.53. The number of aromatic nitrogens is 4. The molecule has 1 saturated heterocycles. The minimum Gasteiger partial charge on any atom is -0.339 e. The number of rotatable bonds is 7. The fourth-order valence-electron chi connectivity index (χ4n) is 5.21. The lowest BCUT2D eigenvalue weighted by Gasteiger charge is -2.31. The first-order chi connectivity index (χ1) is 20.5. The highest BCUT2D eigenvalue weighted by atomic mass is 19.4. The first-order valence-corrected chi connectivity index (χ1v) is 13.9. The number of halogens is 3. The van der Waals surface area contributed by atoms with Gasteiger partial charge in [0.05, 0.1) is 17.6 Å². The van der Waals surface area contributed by atoms with E-state index in [4.69, 9.17) is 4.98 Å². The van der Waals surface area contributed by atoms with E-state index in [2.05, 4.69) is 21.9 Å². The summed E-state index contributed by atoms with van der Waals surface area (Å²) in [6.07, 6.45) is 3.58. The van der Waals surface area contributed by atoms with Gasteiger partial charge in [0, 0.05) is 60.5 Å². The number of likely N-dealkylation sites (tertiary alicyclic amines) is 1. The van der Waals surface area contributed by atoms with Gasteiger partial charge in [-0.05, 0) is 80.3 Å². The molecule has 43 heavy (non-hydrogen) atoms. The minimum atomic E-state index is -4.60. The molecule has 0 bridgehead atoms. The van der Waals surface area contributed by atoms with Gasteiger partial charge in [-0.3, -0.25) is 9.59 Å². The van der Waals surface area contributed by atoms with Gasteiger partial charge < -0.3 is 14.8 Å². The van der Waals surface area contributed by atoms with E-state index in [1.165, 1.54) is 23.0 Å². The van der Waals surface area contributed by atoms with E-state index in [0.29, 0.717) is 36.6 Å². The molecule has 5 rings (SSSR count). The highest BCUT2D eigenvalue weighted by molar-refractivity contribution is 6.04. The number of piperidine rings is 1. The molecular formula is C32H31F3N6O2. The Morgan fingerprint density at radius 3 is 2.65 bits per heavy atom. The molecule has 0 spiro atoms. The lowest BCUT2D eigenvalue weighted by molar-refractivity contribution is -0.137. The van der Waals surface area contributed by atoms with Gasteiger partial charge in [-0.1, -0.05) is 12.6 Å². The van der Waals surface area contributed by atoms with E-state index in [0.717, 1.165) is 41.8 Å². The van der Waals surface area contributed by atoms with Crippen LogP contribution in [0.3, 0.4) is 0 Å². The van der Waals surface area contributed by atoms with Gasteiger partial charge in [0.15, 0.2) is 0 Å². The Bertz CT molecular complexity index is 1680. The molecule has 1 atom stereocenters. The summed E-state index contributed by atoms with van der Waals surface area (Å²) < 4.78 is 42.5. The Labute approximate surface area is 247 Å². The van der Waals surface area contributed by atoms with Crippen LogP contribution in [-0.2, 0) is 17.4 Å². The molecule has 0 aliphatic carbocycles. The summed E-state index contributed by atoms with van der Waals surface area (Å²) in [7, 11) is 0. The van der Waals surface area contributed by atoms with Crippen LogP contribution in [0.2, 0.25) is 0 Å². The maximum absolute atomic E-state index is 13.7. The monoisotopic (exact) mass is 588 g/mol. The summed E-state index contributed by atoms with van der Waals surface area (Å²) >= 11 is 0. The fraction of sp³-hybridized carbons (Fsp3) is 0.281. The summed E-state index contributed by atoms with van der Waals surface area (Å²) in [6.45, 7) is 8.48. The molecule has 1 unspecified atom stereocenters. The number of hydrogen-bond acceptors (Lipinski definition) is 5. The van der Waals surface area contributed by atoms with E-state index >= 15 is 0 Å². The van der Waals surface area contributed by atoms with Crippen molar-refractivity contribution in [1.82, 2.24) is 24.4 Å². The number of anilines is 1. The highest BCUT2D eigenvalue weighted by Gasteiger charge is 2.32. The molecule has 3 heterocycles. The Kier molecular flexibility index (Phi) is 8.43. The first-order valence-electron chi connectivity index (χ1n) is 13.9. The number of imidazole rings is 1. The second-order valence-electron chi connectivity index (χ2n) is 10.7. The lowest BCUT2D eigenvalue weighted by atomic mass is 9.94. The minimum absolute atomic E-state index is 0.01000. The number of nitrogens with one attached hydrogen (secondary N) is 1. The van der Waals surface area contributed by atoms with Crippen LogP contribution in [0.25, 0.3) is 5.69 Å². The Hall–Kier alpha value is -4.80. The van der Waals surface area contributed by atoms with Crippen LogP contribution < -0.4 is 5.32 Å². The summed E-state index contributed by atoms with van der Waals surface area (Å²) in [5.74, 6) is 0.0183. The summed E-state index contributed by atoms with van der Waals surface area (Å²) in [4.78, 5) is 40.4. The molecule has 2 aromatic carbocycles. The predicted octanol–water partition coefficient (Wildman–Crippen LogP) is 6.03. The molecule has 0 radical (unpaired) electrons. The molecule has 1 fully saturated rings. The highest BCUT2D eigenvalue weighted by Crippen LogP contribution is 2.33. The number of amides is 2. The fourth-order valence-corrected chi connectivity index (χ4v) is 5.21. The maximum Gasteiger partial charge on any atom is 0.416 e. The van der Waals surface area contributed by atoms with Crippen LogP contribution in [0, 0.1) is 13.8 Å². The molecule has 1 aliphatic heterocycles.